The Morgan fingerprint density at radius 3 is 2.05 bits per heavy atom. The van der Waals surface area contributed by atoms with Gasteiger partial charge in [0.1, 0.15) is 11.2 Å². The molecule has 8 unspecified atom stereocenters. The van der Waals surface area contributed by atoms with Gasteiger partial charge in [0.15, 0.2) is 0 Å². The molecular formula is C33H52O4. The Balaban J connectivity index is 1.45. The van der Waals surface area contributed by atoms with Gasteiger partial charge in [-0.2, -0.15) is 0 Å². The van der Waals surface area contributed by atoms with Crippen molar-refractivity contribution in [3.63, 3.8) is 0 Å². The van der Waals surface area contributed by atoms with Gasteiger partial charge >= 0.3 is 11.9 Å². The van der Waals surface area contributed by atoms with E-state index in [4.69, 9.17) is 9.47 Å². The third-order valence-corrected chi connectivity index (χ3v) is 12.3. The van der Waals surface area contributed by atoms with Crippen molar-refractivity contribution in [3.05, 3.63) is 12.2 Å². The molecule has 0 N–H and O–H groups in total. The molecule has 6 rings (SSSR count). The highest BCUT2D eigenvalue weighted by Gasteiger charge is 2.68. The maximum absolute atomic E-state index is 14.4. The van der Waals surface area contributed by atoms with Crippen LogP contribution in [0.5, 0.6) is 0 Å². The molecule has 0 aromatic heterocycles. The number of fused-ring (bicyclic) bond motifs is 2. The SMILES string of the molecule is C=C(C)C(=O)OC(C)(CC)CC(C)(CC)C(=O)OC1(C2CC3CC2CC3C)C2CC3CC1CC(C)(C3)C2. The third-order valence-electron chi connectivity index (χ3n) is 12.3. The first kappa shape index (κ1) is 27.3. The first-order valence-electron chi connectivity index (χ1n) is 15.4. The Bertz CT molecular complexity index is 934. The minimum atomic E-state index is -0.730. The van der Waals surface area contributed by atoms with Crippen molar-refractivity contribution >= 4 is 11.9 Å². The Hall–Kier alpha value is -1.32. The quantitative estimate of drug-likeness (QED) is 0.233. The van der Waals surface area contributed by atoms with Gasteiger partial charge in [-0.3, -0.25) is 4.79 Å². The zero-order valence-electron chi connectivity index (χ0n) is 24.7. The summed E-state index contributed by atoms with van der Waals surface area (Å²) in [6.07, 6.45) is 12.0. The molecule has 0 saturated heterocycles. The van der Waals surface area contributed by atoms with Gasteiger partial charge in [-0.05, 0) is 114 Å². The van der Waals surface area contributed by atoms with Crippen molar-refractivity contribution in [1.82, 2.24) is 0 Å². The van der Waals surface area contributed by atoms with E-state index in [1.807, 2.05) is 20.8 Å². The van der Waals surface area contributed by atoms with Gasteiger partial charge < -0.3 is 9.47 Å². The Kier molecular flexibility index (Phi) is 6.72. The summed E-state index contributed by atoms with van der Waals surface area (Å²) in [6, 6.07) is 0. The summed E-state index contributed by atoms with van der Waals surface area (Å²) in [7, 11) is 0. The van der Waals surface area contributed by atoms with Crippen LogP contribution in [0.3, 0.4) is 0 Å². The number of hydrogen-bond donors (Lipinski definition) is 0. The number of ether oxygens (including phenoxy) is 2. The Morgan fingerprint density at radius 1 is 0.946 bits per heavy atom. The second kappa shape index (κ2) is 9.12. The number of carbonyl (C=O) groups is 2. The highest BCUT2D eigenvalue weighted by atomic mass is 16.6. The predicted octanol–water partition coefficient (Wildman–Crippen LogP) is 7.89. The molecule has 6 aliphatic rings. The fourth-order valence-electron chi connectivity index (χ4n) is 10.3. The van der Waals surface area contributed by atoms with Crippen LogP contribution >= 0.6 is 0 Å². The topological polar surface area (TPSA) is 52.6 Å². The second-order valence-corrected chi connectivity index (χ2v) is 15.3. The van der Waals surface area contributed by atoms with E-state index in [0.29, 0.717) is 53.9 Å². The van der Waals surface area contributed by atoms with Crippen LogP contribution in [-0.2, 0) is 19.1 Å². The molecule has 6 bridgehead atoms. The average Bonchev–Trinajstić information content (AvgIpc) is 3.40. The maximum atomic E-state index is 14.4. The smallest absolute Gasteiger partial charge is 0.333 e. The molecule has 37 heavy (non-hydrogen) atoms. The molecule has 4 heteroatoms. The summed E-state index contributed by atoms with van der Waals surface area (Å²) < 4.78 is 13.1. The summed E-state index contributed by atoms with van der Waals surface area (Å²) in [6.45, 7) is 18.5. The summed E-state index contributed by atoms with van der Waals surface area (Å²) in [5.41, 5.74) is -0.890. The number of rotatable bonds is 9. The van der Waals surface area contributed by atoms with Gasteiger partial charge in [-0.15, -0.1) is 0 Å². The first-order chi connectivity index (χ1) is 17.3. The number of esters is 2. The third kappa shape index (κ3) is 4.41. The minimum absolute atomic E-state index is 0.0468. The molecule has 6 saturated carbocycles. The van der Waals surface area contributed by atoms with E-state index in [1.54, 1.807) is 6.92 Å². The molecule has 8 atom stereocenters. The van der Waals surface area contributed by atoms with Crippen LogP contribution in [-0.4, -0.2) is 23.1 Å². The van der Waals surface area contributed by atoms with Crippen LogP contribution in [0.1, 0.15) is 119 Å². The van der Waals surface area contributed by atoms with Crippen LogP contribution < -0.4 is 0 Å². The second-order valence-electron chi connectivity index (χ2n) is 15.3. The van der Waals surface area contributed by atoms with Gasteiger partial charge in [0.05, 0.1) is 5.41 Å². The fraction of sp³-hybridized carbons (Fsp3) is 0.879. The van der Waals surface area contributed by atoms with Crippen LogP contribution in [0.4, 0.5) is 0 Å². The molecular weight excluding hydrogens is 460 g/mol. The molecule has 0 radical (unpaired) electrons. The van der Waals surface area contributed by atoms with E-state index in [-0.39, 0.29) is 17.5 Å². The number of carbonyl (C=O) groups excluding carboxylic acids is 2. The largest absolute Gasteiger partial charge is 0.458 e. The zero-order chi connectivity index (χ0) is 27.0. The van der Waals surface area contributed by atoms with Gasteiger partial charge in [0.25, 0.3) is 0 Å². The molecule has 0 aromatic rings. The van der Waals surface area contributed by atoms with Gasteiger partial charge in [0, 0.05) is 29.7 Å². The molecule has 0 heterocycles. The van der Waals surface area contributed by atoms with Crippen LogP contribution in [0.15, 0.2) is 12.2 Å². The van der Waals surface area contributed by atoms with E-state index in [1.165, 1.54) is 51.4 Å². The van der Waals surface area contributed by atoms with E-state index in [9.17, 15) is 9.59 Å². The highest BCUT2D eigenvalue weighted by Crippen LogP contribution is 2.70. The lowest BCUT2D eigenvalue weighted by molar-refractivity contribution is -0.255. The Labute approximate surface area is 225 Å². The monoisotopic (exact) mass is 512 g/mol. The van der Waals surface area contributed by atoms with Gasteiger partial charge in [-0.25, -0.2) is 4.79 Å². The van der Waals surface area contributed by atoms with Crippen molar-refractivity contribution < 1.29 is 19.1 Å². The molecule has 0 spiro atoms. The molecule has 0 aliphatic heterocycles. The van der Waals surface area contributed by atoms with Gasteiger partial charge in [0.2, 0.25) is 0 Å². The normalized spacial score (nSPS) is 44.8. The van der Waals surface area contributed by atoms with Crippen LogP contribution in [0, 0.1) is 52.3 Å². The average molecular weight is 513 g/mol. The first-order valence-corrected chi connectivity index (χ1v) is 15.4. The zero-order valence-corrected chi connectivity index (χ0v) is 24.7. The molecule has 4 nitrogen and oxygen atoms in total. The van der Waals surface area contributed by atoms with Crippen molar-refractivity contribution in [3.8, 4) is 0 Å². The maximum Gasteiger partial charge on any atom is 0.333 e. The molecule has 0 aromatic carbocycles. The molecule has 6 aliphatic carbocycles. The van der Waals surface area contributed by atoms with E-state index in [2.05, 4.69) is 27.4 Å². The van der Waals surface area contributed by atoms with Crippen molar-refractivity contribution in [1.29, 1.82) is 0 Å². The fourth-order valence-corrected chi connectivity index (χ4v) is 10.3. The van der Waals surface area contributed by atoms with E-state index < -0.39 is 11.0 Å². The summed E-state index contributed by atoms with van der Waals surface area (Å²) in [4.78, 5) is 26.9. The lowest BCUT2D eigenvalue weighted by Crippen LogP contribution is -2.66. The highest BCUT2D eigenvalue weighted by molar-refractivity contribution is 5.87. The van der Waals surface area contributed by atoms with Crippen molar-refractivity contribution in [2.24, 2.45) is 52.3 Å². The predicted molar refractivity (Wildman–Crippen MR) is 147 cm³/mol. The molecule has 208 valence electrons. The lowest BCUT2D eigenvalue weighted by atomic mass is 9.42. The lowest BCUT2D eigenvalue weighted by Gasteiger charge is -2.66. The van der Waals surface area contributed by atoms with Crippen LogP contribution in [0.2, 0.25) is 0 Å². The Morgan fingerprint density at radius 2 is 1.59 bits per heavy atom. The number of hydrogen-bond acceptors (Lipinski definition) is 4. The summed E-state index contributed by atoms with van der Waals surface area (Å²) in [5, 5.41) is 0. The van der Waals surface area contributed by atoms with E-state index in [0.717, 1.165) is 17.8 Å². The van der Waals surface area contributed by atoms with Crippen molar-refractivity contribution in [2.75, 3.05) is 0 Å². The van der Waals surface area contributed by atoms with Crippen LogP contribution in [0.25, 0.3) is 0 Å². The molecule has 0 amide bonds. The van der Waals surface area contributed by atoms with Crippen molar-refractivity contribution in [2.45, 2.75) is 130 Å². The molecule has 6 fully saturated rings. The minimum Gasteiger partial charge on any atom is -0.458 e. The summed E-state index contributed by atoms with van der Waals surface area (Å²) in [5.74, 6) is 4.26. The standard InChI is InChI=1S/C33H52O4/c1-9-31(7,19-32(8,10-2)36-28(34)20(3)4)29(35)37-33(27-15-23-14-24(27)11-21(23)5)25-12-22-13-26(33)18-30(6,16-22)17-25/h21-27H,3,9-19H2,1-2,4-8H3. The van der Waals surface area contributed by atoms with Gasteiger partial charge in [-0.1, -0.05) is 34.3 Å². The summed E-state index contributed by atoms with van der Waals surface area (Å²) >= 11 is 0. The van der Waals surface area contributed by atoms with E-state index >= 15 is 0 Å².